The average Bonchev–Trinajstić information content (AvgIpc) is 3.15. The first-order chi connectivity index (χ1) is 22.8. The Morgan fingerprint density at radius 3 is 1.35 bits per heavy atom. The Balaban J connectivity index is 1.34. The van der Waals surface area contributed by atoms with Gasteiger partial charge in [-0.15, -0.1) is 0 Å². The summed E-state index contributed by atoms with van der Waals surface area (Å²) in [5, 5.41) is 2.41. The van der Waals surface area contributed by atoms with E-state index in [-0.39, 0.29) is 0 Å². The minimum atomic E-state index is 0.627. The van der Waals surface area contributed by atoms with Gasteiger partial charge in [-0.05, 0) is 86.6 Å². The SMILES string of the molecule is c1ccc(-c2nc(-c3ccccc3)nc(-c3cc(-c4cccc(-c5ccncc5)c4)cc(-c4ccc5ccccc5c4)c3)n2)cc1. The van der Waals surface area contributed by atoms with Gasteiger partial charge in [0.05, 0.1) is 0 Å². The second kappa shape index (κ2) is 12.0. The molecule has 0 spiro atoms. The quantitative estimate of drug-likeness (QED) is 0.194. The predicted octanol–water partition coefficient (Wildman–Crippen LogP) is 10.4. The van der Waals surface area contributed by atoms with Gasteiger partial charge in [0.25, 0.3) is 0 Å². The summed E-state index contributed by atoms with van der Waals surface area (Å²) >= 11 is 0. The van der Waals surface area contributed by atoms with Crippen LogP contribution in [-0.2, 0) is 0 Å². The third-order valence-electron chi connectivity index (χ3n) is 8.18. The molecule has 216 valence electrons. The Morgan fingerprint density at radius 1 is 0.261 bits per heavy atom. The normalized spacial score (nSPS) is 11.0. The molecule has 0 atom stereocenters. The maximum absolute atomic E-state index is 5.05. The van der Waals surface area contributed by atoms with E-state index in [9.17, 15) is 0 Å². The van der Waals surface area contributed by atoms with Crippen molar-refractivity contribution in [1.29, 1.82) is 0 Å². The molecule has 0 unspecified atom stereocenters. The van der Waals surface area contributed by atoms with Crippen molar-refractivity contribution in [2.75, 3.05) is 0 Å². The van der Waals surface area contributed by atoms with Gasteiger partial charge in [0.15, 0.2) is 17.5 Å². The summed E-state index contributed by atoms with van der Waals surface area (Å²) in [5.41, 5.74) is 9.49. The van der Waals surface area contributed by atoms with Crippen LogP contribution in [0, 0.1) is 0 Å². The lowest BCUT2D eigenvalue weighted by molar-refractivity contribution is 1.07. The predicted molar refractivity (Wildman–Crippen MR) is 188 cm³/mol. The molecule has 4 nitrogen and oxygen atoms in total. The van der Waals surface area contributed by atoms with E-state index in [4.69, 9.17) is 15.0 Å². The van der Waals surface area contributed by atoms with Crippen molar-refractivity contribution in [3.63, 3.8) is 0 Å². The summed E-state index contributed by atoms with van der Waals surface area (Å²) in [4.78, 5) is 19.2. The number of hydrogen-bond acceptors (Lipinski definition) is 4. The summed E-state index contributed by atoms with van der Waals surface area (Å²) in [6.45, 7) is 0. The average molecular weight is 589 g/mol. The summed E-state index contributed by atoms with van der Waals surface area (Å²) < 4.78 is 0. The Labute approximate surface area is 267 Å². The van der Waals surface area contributed by atoms with Crippen LogP contribution < -0.4 is 0 Å². The van der Waals surface area contributed by atoms with E-state index >= 15 is 0 Å². The molecule has 0 fully saturated rings. The standard InChI is InChI=1S/C42H28N4/c1-3-11-31(12-4-1)40-44-41(32-13-5-2-6-14-32)46-42(45-40)39-27-37(35-17-9-16-34(24-35)30-20-22-43-23-21-30)26-38(28-39)36-19-18-29-10-7-8-15-33(29)25-36/h1-28H. The van der Waals surface area contributed by atoms with Gasteiger partial charge in [0.2, 0.25) is 0 Å². The first kappa shape index (κ1) is 27.3. The highest BCUT2D eigenvalue weighted by Gasteiger charge is 2.15. The van der Waals surface area contributed by atoms with Crippen molar-refractivity contribution in [1.82, 2.24) is 19.9 Å². The smallest absolute Gasteiger partial charge is 0.164 e. The summed E-state index contributed by atoms with van der Waals surface area (Å²) in [7, 11) is 0. The maximum atomic E-state index is 5.05. The highest BCUT2D eigenvalue weighted by Crippen LogP contribution is 2.35. The van der Waals surface area contributed by atoms with Crippen LogP contribution in [0.2, 0.25) is 0 Å². The fourth-order valence-electron chi connectivity index (χ4n) is 5.82. The molecule has 0 amide bonds. The lowest BCUT2D eigenvalue weighted by Gasteiger charge is -2.13. The molecule has 8 rings (SSSR count). The Hall–Kier alpha value is -6.26. The number of aromatic nitrogens is 4. The van der Waals surface area contributed by atoms with Crippen LogP contribution in [0.5, 0.6) is 0 Å². The molecule has 0 aliphatic heterocycles. The Bertz CT molecular complexity index is 2240. The van der Waals surface area contributed by atoms with Crippen molar-refractivity contribution in [2.45, 2.75) is 0 Å². The Kier molecular flexibility index (Phi) is 7.14. The van der Waals surface area contributed by atoms with Crippen LogP contribution in [0.4, 0.5) is 0 Å². The minimum Gasteiger partial charge on any atom is -0.265 e. The number of pyridine rings is 1. The highest BCUT2D eigenvalue weighted by atomic mass is 15.0. The highest BCUT2D eigenvalue weighted by molar-refractivity contribution is 5.89. The zero-order chi connectivity index (χ0) is 30.7. The molecule has 0 saturated carbocycles. The van der Waals surface area contributed by atoms with E-state index < -0.39 is 0 Å². The van der Waals surface area contributed by atoms with Crippen LogP contribution in [0.25, 0.3) is 78.3 Å². The van der Waals surface area contributed by atoms with Gasteiger partial charge in [0.1, 0.15) is 0 Å². The molecule has 2 aromatic heterocycles. The molecule has 4 heteroatoms. The van der Waals surface area contributed by atoms with Crippen LogP contribution in [0.3, 0.4) is 0 Å². The summed E-state index contributed by atoms with van der Waals surface area (Å²) in [5.74, 6) is 1.91. The first-order valence-corrected chi connectivity index (χ1v) is 15.3. The summed E-state index contributed by atoms with van der Waals surface area (Å²) in [6, 6.07) is 54.6. The topological polar surface area (TPSA) is 51.6 Å². The lowest BCUT2D eigenvalue weighted by Crippen LogP contribution is -2.00. The molecule has 0 bridgehead atoms. The van der Waals surface area contributed by atoms with Crippen LogP contribution in [-0.4, -0.2) is 19.9 Å². The second-order valence-electron chi connectivity index (χ2n) is 11.2. The van der Waals surface area contributed by atoms with E-state index in [0.29, 0.717) is 17.5 Å². The largest absolute Gasteiger partial charge is 0.265 e. The Morgan fingerprint density at radius 2 is 0.717 bits per heavy atom. The van der Waals surface area contributed by atoms with Crippen molar-refractivity contribution >= 4 is 10.8 Å². The van der Waals surface area contributed by atoms with Crippen molar-refractivity contribution in [3.8, 4) is 67.5 Å². The molecule has 8 aromatic rings. The molecule has 0 N–H and O–H groups in total. The van der Waals surface area contributed by atoms with Gasteiger partial charge >= 0.3 is 0 Å². The number of fused-ring (bicyclic) bond motifs is 1. The molecule has 0 aliphatic rings. The van der Waals surface area contributed by atoms with Crippen LogP contribution in [0.1, 0.15) is 0 Å². The molecule has 0 radical (unpaired) electrons. The van der Waals surface area contributed by atoms with E-state index in [1.54, 1.807) is 0 Å². The molecular formula is C42H28N4. The van der Waals surface area contributed by atoms with Gasteiger partial charge in [-0.2, -0.15) is 0 Å². The van der Waals surface area contributed by atoms with Gasteiger partial charge in [-0.25, -0.2) is 15.0 Å². The molecular weight excluding hydrogens is 560 g/mol. The van der Waals surface area contributed by atoms with E-state index in [1.165, 1.54) is 10.8 Å². The molecule has 0 saturated heterocycles. The molecule has 46 heavy (non-hydrogen) atoms. The number of benzene rings is 6. The van der Waals surface area contributed by atoms with Crippen molar-refractivity contribution in [2.24, 2.45) is 0 Å². The van der Waals surface area contributed by atoms with Gasteiger partial charge in [-0.1, -0.05) is 115 Å². The van der Waals surface area contributed by atoms with Gasteiger partial charge < -0.3 is 0 Å². The summed E-state index contributed by atoms with van der Waals surface area (Å²) in [6.07, 6.45) is 3.66. The number of nitrogens with zero attached hydrogens (tertiary/aromatic N) is 4. The number of rotatable bonds is 6. The fourth-order valence-corrected chi connectivity index (χ4v) is 5.82. The molecule has 0 aliphatic carbocycles. The van der Waals surface area contributed by atoms with Gasteiger partial charge in [0, 0.05) is 29.1 Å². The minimum absolute atomic E-state index is 0.627. The molecule has 2 heterocycles. The third kappa shape index (κ3) is 5.56. The van der Waals surface area contributed by atoms with E-state index in [0.717, 1.165) is 50.1 Å². The zero-order valence-corrected chi connectivity index (χ0v) is 25.0. The van der Waals surface area contributed by atoms with Crippen molar-refractivity contribution < 1.29 is 0 Å². The first-order valence-electron chi connectivity index (χ1n) is 15.3. The molecule has 6 aromatic carbocycles. The van der Waals surface area contributed by atoms with Crippen LogP contribution in [0.15, 0.2) is 170 Å². The lowest BCUT2D eigenvalue weighted by atomic mass is 9.93. The van der Waals surface area contributed by atoms with E-state index in [1.807, 2.05) is 85.2 Å². The zero-order valence-electron chi connectivity index (χ0n) is 25.0. The van der Waals surface area contributed by atoms with Crippen LogP contribution >= 0.6 is 0 Å². The monoisotopic (exact) mass is 588 g/mol. The second-order valence-corrected chi connectivity index (χ2v) is 11.2. The van der Waals surface area contributed by atoms with E-state index in [2.05, 4.69) is 89.9 Å². The fraction of sp³-hybridized carbons (Fsp3) is 0. The van der Waals surface area contributed by atoms with Crippen molar-refractivity contribution in [3.05, 3.63) is 170 Å². The third-order valence-corrected chi connectivity index (χ3v) is 8.18. The van der Waals surface area contributed by atoms with Gasteiger partial charge in [-0.3, -0.25) is 4.98 Å². The maximum Gasteiger partial charge on any atom is 0.164 e. The number of hydrogen-bond donors (Lipinski definition) is 0.